The molecule has 0 aliphatic rings. The summed E-state index contributed by atoms with van der Waals surface area (Å²) in [6, 6.07) is 19.5. The van der Waals surface area contributed by atoms with Crippen LogP contribution in [0.1, 0.15) is 37.8 Å². The lowest BCUT2D eigenvalue weighted by molar-refractivity contribution is -0.139. The van der Waals surface area contributed by atoms with Crippen LogP contribution in [0, 0.1) is 12.7 Å². The van der Waals surface area contributed by atoms with Crippen LogP contribution in [-0.4, -0.2) is 44.3 Å². The lowest BCUT2D eigenvalue weighted by atomic mass is 10.1. The van der Waals surface area contributed by atoms with E-state index < -0.39 is 34.3 Å². The second-order valence-corrected chi connectivity index (χ2v) is 11.0. The molecule has 9 heteroatoms. The van der Waals surface area contributed by atoms with Gasteiger partial charge in [0, 0.05) is 13.1 Å². The van der Waals surface area contributed by atoms with Crippen molar-refractivity contribution in [1.82, 2.24) is 10.2 Å². The molecule has 0 aliphatic carbocycles. The molecule has 38 heavy (non-hydrogen) atoms. The smallest absolute Gasteiger partial charge is 0.264 e. The number of aryl methyl sites for hydroxylation is 1. The van der Waals surface area contributed by atoms with Crippen LogP contribution < -0.4 is 9.62 Å². The Labute approximate surface area is 224 Å². The van der Waals surface area contributed by atoms with Gasteiger partial charge >= 0.3 is 0 Å². The molecule has 0 aromatic heterocycles. The highest BCUT2D eigenvalue weighted by Crippen LogP contribution is 2.24. The summed E-state index contributed by atoms with van der Waals surface area (Å²) >= 11 is 0. The van der Waals surface area contributed by atoms with Crippen molar-refractivity contribution in [3.63, 3.8) is 0 Å². The van der Waals surface area contributed by atoms with E-state index in [1.165, 1.54) is 41.3 Å². The number of nitrogens with one attached hydrogen (secondary N) is 1. The minimum Gasteiger partial charge on any atom is -0.354 e. The highest BCUT2D eigenvalue weighted by molar-refractivity contribution is 7.92. The van der Waals surface area contributed by atoms with Crippen LogP contribution in [0.15, 0.2) is 83.8 Å². The number of hydrogen-bond donors (Lipinski definition) is 1. The lowest BCUT2D eigenvalue weighted by Crippen LogP contribution is -2.51. The van der Waals surface area contributed by atoms with Gasteiger partial charge in [-0.1, -0.05) is 61.4 Å². The van der Waals surface area contributed by atoms with Gasteiger partial charge in [-0.2, -0.15) is 0 Å². The maximum absolute atomic E-state index is 13.8. The molecule has 1 unspecified atom stereocenters. The van der Waals surface area contributed by atoms with Crippen molar-refractivity contribution in [2.24, 2.45) is 0 Å². The summed E-state index contributed by atoms with van der Waals surface area (Å²) < 4.78 is 42.0. The molecule has 0 spiro atoms. The molecule has 2 amide bonds. The average molecular weight is 540 g/mol. The number of carbonyl (C=O) groups is 2. The maximum Gasteiger partial charge on any atom is 0.264 e. The van der Waals surface area contributed by atoms with Crippen molar-refractivity contribution in [3.05, 3.63) is 95.8 Å². The molecule has 0 radical (unpaired) electrons. The minimum absolute atomic E-state index is 0.00862. The summed E-state index contributed by atoms with van der Waals surface area (Å²) in [5.74, 6) is -1.33. The van der Waals surface area contributed by atoms with E-state index in [0.717, 1.165) is 22.7 Å². The fraction of sp³-hybridized carbons (Fsp3) is 0.310. The zero-order chi connectivity index (χ0) is 27.7. The number of benzene rings is 3. The number of anilines is 1. The van der Waals surface area contributed by atoms with Crippen LogP contribution in [0.25, 0.3) is 0 Å². The van der Waals surface area contributed by atoms with Gasteiger partial charge in [-0.05, 0) is 62.2 Å². The van der Waals surface area contributed by atoms with Crippen LogP contribution in [0.2, 0.25) is 0 Å². The first-order valence-electron chi connectivity index (χ1n) is 12.6. The average Bonchev–Trinajstić information content (AvgIpc) is 2.91. The quantitative estimate of drug-likeness (QED) is 0.339. The zero-order valence-corrected chi connectivity index (χ0v) is 22.7. The Balaban J connectivity index is 1.96. The molecule has 1 N–H and O–H groups in total. The zero-order valence-electron chi connectivity index (χ0n) is 21.9. The number of unbranched alkanes of at least 4 members (excludes halogenated alkanes) is 1. The number of hydrogen-bond acceptors (Lipinski definition) is 4. The molecular weight excluding hydrogens is 505 g/mol. The summed E-state index contributed by atoms with van der Waals surface area (Å²) in [7, 11) is -4.11. The molecule has 0 aliphatic heterocycles. The van der Waals surface area contributed by atoms with Gasteiger partial charge in [-0.3, -0.25) is 13.9 Å². The van der Waals surface area contributed by atoms with Crippen molar-refractivity contribution in [2.75, 3.05) is 17.4 Å². The third-order valence-corrected chi connectivity index (χ3v) is 7.98. The van der Waals surface area contributed by atoms with Crippen molar-refractivity contribution in [2.45, 2.75) is 51.1 Å². The number of nitrogens with zero attached hydrogens (tertiary/aromatic N) is 2. The maximum atomic E-state index is 13.8. The molecule has 3 aromatic rings. The molecular formula is C29H34FN3O4S. The van der Waals surface area contributed by atoms with Gasteiger partial charge < -0.3 is 10.2 Å². The Morgan fingerprint density at radius 3 is 2.18 bits per heavy atom. The number of amides is 2. The number of carbonyl (C=O) groups excluding carboxylic acids is 2. The van der Waals surface area contributed by atoms with E-state index in [1.807, 2.05) is 13.8 Å². The first kappa shape index (κ1) is 28.8. The third-order valence-electron chi connectivity index (χ3n) is 6.20. The van der Waals surface area contributed by atoms with E-state index in [2.05, 4.69) is 5.32 Å². The van der Waals surface area contributed by atoms with Crippen molar-refractivity contribution in [3.8, 4) is 0 Å². The normalized spacial score (nSPS) is 12.0. The molecule has 0 saturated carbocycles. The number of halogens is 1. The SMILES string of the molecule is CCCCNC(=O)C(C)N(Cc1ccc(F)cc1)C(=O)CN(c1ccccc1)S(=O)(=O)c1ccc(C)cc1. The summed E-state index contributed by atoms with van der Waals surface area (Å²) in [5, 5.41) is 2.84. The van der Waals surface area contributed by atoms with Gasteiger partial charge in [0.05, 0.1) is 10.6 Å². The standard InChI is InChI=1S/C29H34FN3O4S/c1-4-5-19-31-29(35)23(3)32(20-24-13-15-25(30)16-14-24)28(34)21-33(26-9-7-6-8-10-26)38(36,37)27-17-11-22(2)12-18-27/h6-18,23H,4-5,19-21H2,1-3H3,(H,31,35). The van der Waals surface area contributed by atoms with Crippen LogP contribution in [0.3, 0.4) is 0 Å². The largest absolute Gasteiger partial charge is 0.354 e. The fourth-order valence-electron chi connectivity index (χ4n) is 3.87. The number of rotatable bonds is 12. The highest BCUT2D eigenvalue weighted by Gasteiger charge is 2.32. The van der Waals surface area contributed by atoms with Gasteiger partial charge in [-0.15, -0.1) is 0 Å². The van der Waals surface area contributed by atoms with Crippen molar-refractivity contribution >= 4 is 27.5 Å². The monoisotopic (exact) mass is 539 g/mol. The Kier molecular flexibility index (Phi) is 10.0. The topological polar surface area (TPSA) is 86.8 Å². The lowest BCUT2D eigenvalue weighted by Gasteiger charge is -2.32. The van der Waals surface area contributed by atoms with Crippen molar-refractivity contribution < 1.29 is 22.4 Å². The molecule has 0 saturated heterocycles. The Morgan fingerprint density at radius 2 is 1.58 bits per heavy atom. The summed E-state index contributed by atoms with van der Waals surface area (Å²) in [6.07, 6.45) is 1.69. The van der Waals surface area contributed by atoms with E-state index >= 15 is 0 Å². The van der Waals surface area contributed by atoms with E-state index in [4.69, 9.17) is 0 Å². The summed E-state index contributed by atoms with van der Waals surface area (Å²) in [6.45, 7) is 5.42. The molecule has 0 fully saturated rings. The fourth-order valence-corrected chi connectivity index (χ4v) is 5.28. The van der Waals surface area contributed by atoms with E-state index in [-0.39, 0.29) is 17.3 Å². The molecule has 1 atom stereocenters. The Hall–Kier alpha value is -3.72. The summed E-state index contributed by atoms with van der Waals surface area (Å²) in [5.41, 5.74) is 1.84. The predicted molar refractivity (Wildman–Crippen MR) is 146 cm³/mol. The molecule has 0 bridgehead atoms. The second-order valence-electron chi connectivity index (χ2n) is 9.13. The molecule has 7 nitrogen and oxygen atoms in total. The van der Waals surface area contributed by atoms with Gasteiger partial charge in [-0.25, -0.2) is 12.8 Å². The Bertz CT molecular complexity index is 1310. The van der Waals surface area contributed by atoms with Crippen LogP contribution >= 0.6 is 0 Å². The first-order chi connectivity index (χ1) is 18.1. The van der Waals surface area contributed by atoms with Crippen molar-refractivity contribution in [1.29, 1.82) is 0 Å². The van der Waals surface area contributed by atoms with Crippen LogP contribution in [0.5, 0.6) is 0 Å². The van der Waals surface area contributed by atoms with Crippen LogP contribution in [0.4, 0.5) is 10.1 Å². The van der Waals surface area contributed by atoms with Gasteiger partial charge in [0.1, 0.15) is 18.4 Å². The Morgan fingerprint density at radius 1 is 0.947 bits per heavy atom. The van der Waals surface area contributed by atoms with E-state index in [1.54, 1.807) is 49.4 Å². The number of sulfonamides is 1. The molecule has 202 valence electrons. The van der Waals surface area contributed by atoms with Gasteiger partial charge in [0.15, 0.2) is 0 Å². The molecule has 3 rings (SSSR count). The second kappa shape index (κ2) is 13.2. The van der Waals surface area contributed by atoms with Crippen LogP contribution in [-0.2, 0) is 26.2 Å². The third kappa shape index (κ3) is 7.41. The van der Waals surface area contributed by atoms with E-state index in [0.29, 0.717) is 17.8 Å². The first-order valence-corrected chi connectivity index (χ1v) is 14.0. The van der Waals surface area contributed by atoms with Gasteiger partial charge in [0.25, 0.3) is 10.0 Å². The number of para-hydroxylation sites is 1. The minimum atomic E-state index is -4.11. The van der Waals surface area contributed by atoms with E-state index in [9.17, 15) is 22.4 Å². The highest BCUT2D eigenvalue weighted by atomic mass is 32.2. The predicted octanol–water partition coefficient (Wildman–Crippen LogP) is 4.66. The van der Waals surface area contributed by atoms with Gasteiger partial charge in [0.2, 0.25) is 11.8 Å². The summed E-state index contributed by atoms with van der Waals surface area (Å²) in [4.78, 5) is 28.1. The molecule has 0 heterocycles. The molecule has 3 aromatic carbocycles.